The van der Waals surface area contributed by atoms with Crippen molar-refractivity contribution in [1.82, 2.24) is 4.90 Å². The molecular formula is C15H17NO5. The monoisotopic (exact) mass is 291 g/mol. The Morgan fingerprint density at radius 2 is 1.86 bits per heavy atom. The molecule has 1 aromatic rings. The largest absolute Gasteiger partial charge is 0.481 e. The van der Waals surface area contributed by atoms with E-state index in [4.69, 9.17) is 5.11 Å². The summed E-state index contributed by atoms with van der Waals surface area (Å²) in [5.74, 6) is -3.31. The third kappa shape index (κ3) is 3.21. The van der Waals surface area contributed by atoms with Crippen molar-refractivity contribution < 1.29 is 24.6 Å². The summed E-state index contributed by atoms with van der Waals surface area (Å²) in [5.41, 5.74) is 1.82. The predicted molar refractivity (Wildman–Crippen MR) is 73.5 cm³/mol. The van der Waals surface area contributed by atoms with Gasteiger partial charge in [-0.15, -0.1) is 0 Å². The molecule has 0 aliphatic carbocycles. The van der Waals surface area contributed by atoms with Crippen LogP contribution < -0.4 is 0 Å². The van der Waals surface area contributed by atoms with Crippen LogP contribution in [0.3, 0.4) is 0 Å². The van der Waals surface area contributed by atoms with E-state index in [1.165, 1.54) is 11.8 Å². The Kier molecular flexibility index (Phi) is 4.26. The van der Waals surface area contributed by atoms with Gasteiger partial charge in [0.2, 0.25) is 5.91 Å². The van der Waals surface area contributed by atoms with E-state index in [1.54, 1.807) is 0 Å². The summed E-state index contributed by atoms with van der Waals surface area (Å²) < 4.78 is 0. The van der Waals surface area contributed by atoms with Crippen LogP contribution >= 0.6 is 0 Å². The Labute approximate surface area is 122 Å². The SMILES string of the molecule is CC(CC(=O)O)C(=O)N1Cc2ccccc2C[C@H]1C(=O)O. The Morgan fingerprint density at radius 3 is 2.43 bits per heavy atom. The van der Waals surface area contributed by atoms with Gasteiger partial charge in [-0.05, 0) is 11.1 Å². The van der Waals surface area contributed by atoms with Gasteiger partial charge in [-0.25, -0.2) is 4.79 Å². The first-order valence-electron chi connectivity index (χ1n) is 6.72. The standard InChI is InChI=1S/C15H17NO5/c1-9(6-13(17)18)14(19)16-8-11-5-3-2-4-10(11)7-12(16)15(20)21/h2-5,9,12H,6-8H2,1H3,(H,17,18)(H,20,21)/t9?,12-/m0/s1. The highest BCUT2D eigenvalue weighted by atomic mass is 16.4. The lowest BCUT2D eigenvalue weighted by Gasteiger charge is -2.35. The molecule has 1 amide bonds. The number of carbonyl (C=O) groups is 3. The zero-order valence-electron chi connectivity index (χ0n) is 11.7. The first-order chi connectivity index (χ1) is 9.90. The van der Waals surface area contributed by atoms with Crippen LogP contribution in [-0.4, -0.2) is 39.0 Å². The van der Waals surface area contributed by atoms with Crippen molar-refractivity contribution >= 4 is 17.8 Å². The summed E-state index contributed by atoms with van der Waals surface area (Å²) in [4.78, 5) is 35.8. The van der Waals surface area contributed by atoms with E-state index in [2.05, 4.69) is 0 Å². The molecule has 0 saturated heterocycles. The van der Waals surface area contributed by atoms with Gasteiger partial charge in [-0.2, -0.15) is 0 Å². The van der Waals surface area contributed by atoms with E-state index >= 15 is 0 Å². The number of rotatable bonds is 4. The van der Waals surface area contributed by atoms with Gasteiger partial charge in [0.1, 0.15) is 6.04 Å². The van der Waals surface area contributed by atoms with E-state index in [9.17, 15) is 19.5 Å². The van der Waals surface area contributed by atoms with Crippen molar-refractivity contribution in [2.24, 2.45) is 5.92 Å². The van der Waals surface area contributed by atoms with Crippen molar-refractivity contribution in [3.8, 4) is 0 Å². The van der Waals surface area contributed by atoms with Gasteiger partial charge in [-0.3, -0.25) is 9.59 Å². The number of benzene rings is 1. The summed E-state index contributed by atoms with van der Waals surface area (Å²) in [6.45, 7) is 1.71. The highest BCUT2D eigenvalue weighted by Crippen LogP contribution is 2.25. The van der Waals surface area contributed by atoms with Crippen molar-refractivity contribution in [3.05, 3.63) is 35.4 Å². The van der Waals surface area contributed by atoms with Crippen LogP contribution in [0.4, 0.5) is 0 Å². The molecule has 1 aliphatic rings. The van der Waals surface area contributed by atoms with Gasteiger partial charge in [0.05, 0.1) is 6.42 Å². The molecule has 0 aromatic heterocycles. The van der Waals surface area contributed by atoms with Gasteiger partial charge in [-0.1, -0.05) is 31.2 Å². The normalized spacial score (nSPS) is 18.7. The van der Waals surface area contributed by atoms with Crippen molar-refractivity contribution in [2.75, 3.05) is 0 Å². The molecule has 21 heavy (non-hydrogen) atoms. The van der Waals surface area contributed by atoms with Crippen LogP contribution in [0.25, 0.3) is 0 Å². The number of hydrogen-bond donors (Lipinski definition) is 2. The van der Waals surface area contributed by atoms with Crippen molar-refractivity contribution in [3.63, 3.8) is 0 Å². The first kappa shape index (κ1) is 15.0. The lowest BCUT2D eigenvalue weighted by Crippen LogP contribution is -2.50. The number of fused-ring (bicyclic) bond motifs is 1. The van der Waals surface area contributed by atoms with Crippen LogP contribution in [0.2, 0.25) is 0 Å². The lowest BCUT2D eigenvalue weighted by molar-refractivity contribution is -0.154. The number of carboxylic acid groups (broad SMARTS) is 2. The molecule has 1 heterocycles. The van der Waals surface area contributed by atoms with Crippen molar-refractivity contribution in [2.45, 2.75) is 32.4 Å². The van der Waals surface area contributed by atoms with E-state index in [0.29, 0.717) is 0 Å². The fraction of sp³-hybridized carbons (Fsp3) is 0.400. The van der Waals surface area contributed by atoms with Crippen molar-refractivity contribution in [1.29, 1.82) is 0 Å². The van der Waals surface area contributed by atoms with Gasteiger partial charge in [0.15, 0.2) is 0 Å². The number of carbonyl (C=O) groups excluding carboxylic acids is 1. The number of amides is 1. The fourth-order valence-corrected chi connectivity index (χ4v) is 2.61. The van der Waals surface area contributed by atoms with E-state index in [-0.39, 0.29) is 19.4 Å². The summed E-state index contributed by atoms with van der Waals surface area (Å²) in [7, 11) is 0. The summed E-state index contributed by atoms with van der Waals surface area (Å²) >= 11 is 0. The molecule has 0 fully saturated rings. The Morgan fingerprint density at radius 1 is 1.24 bits per heavy atom. The van der Waals surface area contributed by atoms with Gasteiger partial charge < -0.3 is 15.1 Å². The molecule has 0 saturated carbocycles. The minimum absolute atomic E-state index is 0.204. The topological polar surface area (TPSA) is 94.9 Å². The molecule has 1 unspecified atom stereocenters. The van der Waals surface area contributed by atoms with Crippen LogP contribution in [0, 0.1) is 5.92 Å². The third-order valence-electron chi connectivity index (χ3n) is 3.72. The van der Waals surface area contributed by atoms with Crippen LogP contribution in [0.1, 0.15) is 24.5 Å². The average molecular weight is 291 g/mol. The minimum atomic E-state index is -1.07. The molecule has 1 aromatic carbocycles. The van der Waals surface area contributed by atoms with E-state index in [1.807, 2.05) is 24.3 Å². The zero-order valence-corrected chi connectivity index (χ0v) is 11.7. The number of hydrogen-bond acceptors (Lipinski definition) is 3. The van der Waals surface area contributed by atoms with Crippen LogP contribution in [0.5, 0.6) is 0 Å². The molecule has 2 atom stereocenters. The number of nitrogens with zero attached hydrogens (tertiary/aromatic N) is 1. The Hall–Kier alpha value is -2.37. The summed E-state index contributed by atoms with van der Waals surface area (Å²) in [6.07, 6.45) is -0.0552. The molecule has 6 nitrogen and oxygen atoms in total. The molecule has 2 rings (SSSR count). The number of aliphatic carboxylic acids is 2. The maximum Gasteiger partial charge on any atom is 0.326 e. The van der Waals surface area contributed by atoms with Gasteiger partial charge in [0, 0.05) is 18.9 Å². The summed E-state index contributed by atoms with van der Waals surface area (Å²) in [6, 6.07) is 6.44. The molecule has 0 spiro atoms. The van der Waals surface area contributed by atoms with E-state index < -0.39 is 29.8 Å². The highest BCUT2D eigenvalue weighted by molar-refractivity contribution is 5.87. The van der Waals surface area contributed by atoms with Crippen LogP contribution in [-0.2, 0) is 27.3 Å². The predicted octanol–water partition coefficient (Wildman–Crippen LogP) is 1.14. The molecule has 112 valence electrons. The minimum Gasteiger partial charge on any atom is -0.481 e. The van der Waals surface area contributed by atoms with Crippen LogP contribution in [0.15, 0.2) is 24.3 Å². The first-order valence-corrected chi connectivity index (χ1v) is 6.72. The quantitative estimate of drug-likeness (QED) is 0.867. The average Bonchev–Trinajstić information content (AvgIpc) is 2.44. The second-order valence-corrected chi connectivity index (χ2v) is 5.29. The highest BCUT2D eigenvalue weighted by Gasteiger charge is 2.36. The molecule has 2 N–H and O–H groups in total. The summed E-state index contributed by atoms with van der Waals surface area (Å²) in [5, 5.41) is 18.1. The van der Waals surface area contributed by atoms with Gasteiger partial charge in [0.25, 0.3) is 0 Å². The lowest BCUT2D eigenvalue weighted by atomic mass is 9.92. The smallest absolute Gasteiger partial charge is 0.326 e. The molecule has 1 aliphatic heterocycles. The molecule has 6 heteroatoms. The molecule has 0 radical (unpaired) electrons. The maximum absolute atomic E-state index is 12.4. The van der Waals surface area contributed by atoms with Gasteiger partial charge >= 0.3 is 11.9 Å². The zero-order chi connectivity index (χ0) is 15.6. The fourth-order valence-electron chi connectivity index (χ4n) is 2.61. The Balaban J connectivity index is 2.26. The Bertz CT molecular complexity index is 583. The molecule has 0 bridgehead atoms. The third-order valence-corrected chi connectivity index (χ3v) is 3.72. The number of carboxylic acids is 2. The second-order valence-electron chi connectivity index (χ2n) is 5.29. The second kappa shape index (κ2) is 5.95. The maximum atomic E-state index is 12.4. The molecular weight excluding hydrogens is 274 g/mol. The van der Waals surface area contributed by atoms with E-state index in [0.717, 1.165) is 11.1 Å².